The molecule has 136 valence electrons. The molecule has 2 heterocycles. The van der Waals surface area contributed by atoms with Crippen LogP contribution < -0.4 is 10.2 Å². The van der Waals surface area contributed by atoms with Crippen LogP contribution in [0.3, 0.4) is 0 Å². The van der Waals surface area contributed by atoms with Gasteiger partial charge in [0.05, 0.1) is 0 Å². The average Bonchev–Trinajstić information content (AvgIpc) is 3.32. The molecule has 0 bridgehead atoms. The van der Waals surface area contributed by atoms with Crippen molar-refractivity contribution in [1.29, 1.82) is 0 Å². The maximum atomic E-state index is 12.4. The summed E-state index contributed by atoms with van der Waals surface area (Å²) in [6.07, 6.45) is 1.46. The first kappa shape index (κ1) is 17.3. The summed E-state index contributed by atoms with van der Waals surface area (Å²) in [4.78, 5) is 25.9. The van der Waals surface area contributed by atoms with Gasteiger partial charge in [0.1, 0.15) is 0 Å². The first-order chi connectivity index (χ1) is 13.1. The fourth-order valence-corrected chi connectivity index (χ4v) is 3.10. The van der Waals surface area contributed by atoms with Crippen molar-refractivity contribution in [2.45, 2.75) is 12.8 Å². The van der Waals surface area contributed by atoms with Gasteiger partial charge >= 0.3 is 0 Å². The van der Waals surface area contributed by atoms with Crippen molar-refractivity contribution < 1.29 is 14.1 Å². The lowest BCUT2D eigenvalue weighted by atomic mass is 10.1. The monoisotopic (exact) mass is 381 g/mol. The number of nitrogens with zero attached hydrogens (tertiary/aromatic N) is 2. The summed E-state index contributed by atoms with van der Waals surface area (Å²) in [5.41, 5.74) is 2.41. The van der Waals surface area contributed by atoms with Gasteiger partial charge in [-0.3, -0.25) is 9.59 Å². The molecule has 1 fully saturated rings. The molecule has 1 aliphatic heterocycles. The molecule has 2 aromatic carbocycles. The largest absolute Gasteiger partial charge is 0.355 e. The molecule has 1 aromatic heterocycles. The van der Waals surface area contributed by atoms with Crippen molar-refractivity contribution in [3.8, 4) is 11.3 Å². The molecule has 3 aromatic rings. The summed E-state index contributed by atoms with van der Waals surface area (Å²) in [6, 6.07) is 15.8. The first-order valence-electron chi connectivity index (χ1n) is 8.54. The minimum Gasteiger partial charge on any atom is -0.355 e. The smallest absolute Gasteiger partial charge is 0.277 e. The van der Waals surface area contributed by atoms with E-state index in [0.717, 1.165) is 24.2 Å². The van der Waals surface area contributed by atoms with E-state index in [2.05, 4.69) is 10.5 Å². The summed E-state index contributed by atoms with van der Waals surface area (Å²) in [7, 11) is 0. The Morgan fingerprint density at radius 2 is 1.85 bits per heavy atom. The first-order valence-corrected chi connectivity index (χ1v) is 8.92. The number of amides is 2. The molecule has 0 saturated carbocycles. The van der Waals surface area contributed by atoms with Gasteiger partial charge in [-0.1, -0.05) is 16.8 Å². The van der Waals surface area contributed by atoms with Gasteiger partial charge in [0.25, 0.3) is 5.91 Å². The maximum Gasteiger partial charge on any atom is 0.277 e. The van der Waals surface area contributed by atoms with Crippen LogP contribution in [0, 0.1) is 0 Å². The van der Waals surface area contributed by atoms with Gasteiger partial charge < -0.3 is 14.7 Å². The highest BCUT2D eigenvalue weighted by Crippen LogP contribution is 2.25. The number of carbonyl (C=O) groups is 2. The van der Waals surface area contributed by atoms with Crippen LogP contribution >= 0.6 is 11.6 Å². The zero-order valence-corrected chi connectivity index (χ0v) is 15.1. The molecule has 1 saturated heterocycles. The Kier molecular flexibility index (Phi) is 4.64. The van der Waals surface area contributed by atoms with Crippen LogP contribution in [0.15, 0.2) is 59.1 Å². The topological polar surface area (TPSA) is 75.4 Å². The van der Waals surface area contributed by atoms with Crippen LogP contribution in [0.5, 0.6) is 0 Å². The molecule has 2 amide bonds. The predicted octanol–water partition coefficient (Wildman–Crippen LogP) is 4.37. The lowest BCUT2D eigenvalue weighted by Crippen LogP contribution is -2.23. The number of benzene rings is 2. The van der Waals surface area contributed by atoms with Crippen molar-refractivity contribution in [1.82, 2.24) is 5.16 Å². The molecule has 0 unspecified atom stereocenters. The van der Waals surface area contributed by atoms with E-state index < -0.39 is 0 Å². The second-order valence-corrected chi connectivity index (χ2v) is 6.67. The highest BCUT2D eigenvalue weighted by molar-refractivity contribution is 6.30. The third-order valence-corrected chi connectivity index (χ3v) is 4.63. The lowest BCUT2D eigenvalue weighted by molar-refractivity contribution is -0.117. The van der Waals surface area contributed by atoms with Gasteiger partial charge in [-0.25, -0.2) is 0 Å². The van der Waals surface area contributed by atoms with E-state index in [9.17, 15) is 9.59 Å². The molecule has 6 nitrogen and oxygen atoms in total. The SMILES string of the molecule is O=C(Nc1ccc(N2CCCC2=O)cc1)c1cc(-c2ccc(Cl)cc2)on1. The third kappa shape index (κ3) is 3.71. The standard InChI is InChI=1S/C20H16ClN3O3/c21-14-5-3-13(4-6-14)18-12-17(23-27-18)20(26)22-15-7-9-16(10-8-15)24-11-1-2-19(24)25/h3-10,12H,1-2,11H2,(H,22,26). The molecule has 7 heteroatoms. The van der Waals surface area contributed by atoms with E-state index in [4.69, 9.17) is 16.1 Å². The number of aromatic nitrogens is 1. The molecule has 1 aliphatic rings. The van der Waals surface area contributed by atoms with Crippen LogP contribution in [-0.4, -0.2) is 23.5 Å². The number of hydrogen-bond acceptors (Lipinski definition) is 4. The van der Waals surface area contributed by atoms with Crippen molar-refractivity contribution in [3.63, 3.8) is 0 Å². The van der Waals surface area contributed by atoms with E-state index in [-0.39, 0.29) is 17.5 Å². The summed E-state index contributed by atoms with van der Waals surface area (Å²) >= 11 is 5.87. The summed E-state index contributed by atoms with van der Waals surface area (Å²) in [5, 5.41) is 7.22. The second kappa shape index (κ2) is 7.25. The van der Waals surface area contributed by atoms with E-state index in [0.29, 0.717) is 22.9 Å². The van der Waals surface area contributed by atoms with Gasteiger partial charge in [-0.15, -0.1) is 0 Å². The number of rotatable bonds is 4. The Bertz CT molecular complexity index is 980. The zero-order chi connectivity index (χ0) is 18.8. The highest BCUT2D eigenvalue weighted by Gasteiger charge is 2.21. The number of hydrogen-bond donors (Lipinski definition) is 1. The van der Waals surface area contributed by atoms with Crippen molar-refractivity contribution in [2.75, 3.05) is 16.8 Å². The fourth-order valence-electron chi connectivity index (χ4n) is 2.97. The molecule has 0 radical (unpaired) electrons. The second-order valence-electron chi connectivity index (χ2n) is 6.23. The highest BCUT2D eigenvalue weighted by atomic mass is 35.5. The van der Waals surface area contributed by atoms with E-state index >= 15 is 0 Å². The molecular weight excluding hydrogens is 366 g/mol. The number of carbonyl (C=O) groups excluding carboxylic acids is 2. The fraction of sp³-hybridized carbons (Fsp3) is 0.150. The summed E-state index contributed by atoms with van der Waals surface area (Å²) < 4.78 is 5.25. The number of nitrogens with one attached hydrogen (secondary N) is 1. The van der Waals surface area contributed by atoms with Crippen LogP contribution in [0.4, 0.5) is 11.4 Å². The van der Waals surface area contributed by atoms with Crippen molar-refractivity contribution in [2.24, 2.45) is 0 Å². The van der Waals surface area contributed by atoms with Gasteiger partial charge in [0.15, 0.2) is 11.5 Å². The van der Waals surface area contributed by atoms with Gasteiger partial charge in [0, 0.05) is 41.0 Å². The number of halogens is 1. The molecule has 4 rings (SSSR count). The zero-order valence-electron chi connectivity index (χ0n) is 14.3. The Labute approximate surface area is 160 Å². The molecule has 27 heavy (non-hydrogen) atoms. The predicted molar refractivity (Wildman–Crippen MR) is 103 cm³/mol. The average molecular weight is 382 g/mol. The quantitative estimate of drug-likeness (QED) is 0.727. The van der Waals surface area contributed by atoms with E-state index in [1.165, 1.54) is 0 Å². The molecule has 1 N–H and O–H groups in total. The van der Waals surface area contributed by atoms with Crippen LogP contribution in [0.2, 0.25) is 5.02 Å². The Morgan fingerprint density at radius 3 is 2.52 bits per heavy atom. The number of anilines is 2. The lowest BCUT2D eigenvalue weighted by Gasteiger charge is -2.15. The molecule has 0 atom stereocenters. The minimum absolute atomic E-state index is 0.129. The van der Waals surface area contributed by atoms with E-state index in [1.807, 2.05) is 12.1 Å². The molecule has 0 spiro atoms. The maximum absolute atomic E-state index is 12.4. The third-order valence-electron chi connectivity index (χ3n) is 4.38. The van der Waals surface area contributed by atoms with Gasteiger partial charge in [-0.2, -0.15) is 0 Å². The normalized spacial score (nSPS) is 13.8. The Balaban J connectivity index is 1.45. The van der Waals surface area contributed by atoms with E-state index in [1.54, 1.807) is 47.4 Å². The van der Waals surface area contributed by atoms with Crippen LogP contribution in [0.25, 0.3) is 11.3 Å². The summed E-state index contributed by atoms with van der Waals surface area (Å²) in [6.45, 7) is 0.733. The van der Waals surface area contributed by atoms with Gasteiger partial charge in [0.2, 0.25) is 5.91 Å². The van der Waals surface area contributed by atoms with Crippen LogP contribution in [0.1, 0.15) is 23.3 Å². The Hall–Kier alpha value is -3.12. The molecule has 0 aliphatic carbocycles. The molecular formula is C20H16ClN3O3. The summed E-state index contributed by atoms with van der Waals surface area (Å²) in [5.74, 6) is 0.243. The van der Waals surface area contributed by atoms with Gasteiger partial charge in [-0.05, 0) is 55.0 Å². The Morgan fingerprint density at radius 1 is 1.11 bits per heavy atom. The van der Waals surface area contributed by atoms with Crippen molar-refractivity contribution in [3.05, 3.63) is 65.3 Å². The van der Waals surface area contributed by atoms with Crippen LogP contribution in [-0.2, 0) is 4.79 Å². The van der Waals surface area contributed by atoms with Crippen molar-refractivity contribution >= 4 is 34.8 Å². The minimum atomic E-state index is -0.371.